The number of carbonyl (C=O) groups excluding carboxylic acids is 3. The first-order valence-electron chi connectivity index (χ1n) is 17.5. The van der Waals surface area contributed by atoms with Crippen molar-refractivity contribution in [1.29, 1.82) is 0 Å². The summed E-state index contributed by atoms with van der Waals surface area (Å²) in [6.07, 6.45) is 0.687. The molecule has 0 radical (unpaired) electrons. The minimum atomic E-state index is -1.36. The summed E-state index contributed by atoms with van der Waals surface area (Å²) in [7, 11) is 0. The number of β-lactam (4-membered cyclic amide) rings is 1. The van der Waals surface area contributed by atoms with Gasteiger partial charge in [0.2, 0.25) is 5.60 Å². The Hall–Kier alpha value is -4.74. The molecule has 2 amide bonds. The fourth-order valence-electron chi connectivity index (χ4n) is 6.53. The Labute approximate surface area is 339 Å². The Balaban J connectivity index is 1.24. The molecule has 7 rings (SSSR count). The van der Waals surface area contributed by atoms with Crippen LogP contribution in [-0.4, -0.2) is 77.3 Å². The molecule has 1 saturated carbocycles. The van der Waals surface area contributed by atoms with Crippen molar-refractivity contribution in [2.24, 2.45) is 5.16 Å². The van der Waals surface area contributed by atoms with Gasteiger partial charge in [-0.1, -0.05) is 119 Å². The lowest BCUT2D eigenvalue weighted by Gasteiger charge is -2.49. The normalized spacial score (nSPS) is 19.2. The van der Waals surface area contributed by atoms with E-state index in [1.807, 2.05) is 91.0 Å². The number of aromatic nitrogens is 1. The van der Waals surface area contributed by atoms with Crippen LogP contribution in [0.2, 0.25) is 0 Å². The fourth-order valence-corrected chi connectivity index (χ4v) is 9.63. The number of esters is 1. The quantitative estimate of drug-likeness (QED) is 0.0264. The molecule has 3 aliphatic rings. The summed E-state index contributed by atoms with van der Waals surface area (Å²) in [6, 6.07) is 28.9. The van der Waals surface area contributed by atoms with Gasteiger partial charge in [0.1, 0.15) is 33.9 Å². The smallest absolute Gasteiger partial charge is 0.353 e. The predicted molar refractivity (Wildman–Crippen MR) is 219 cm³/mol. The molecule has 1 unspecified atom stereocenters. The average Bonchev–Trinajstić information content (AvgIpc) is 3.85. The van der Waals surface area contributed by atoms with Gasteiger partial charge in [-0.2, -0.15) is 0 Å². The molecule has 1 aromatic heterocycles. The maximum Gasteiger partial charge on any atom is 0.353 e. The van der Waals surface area contributed by atoms with E-state index in [4.69, 9.17) is 14.6 Å². The van der Waals surface area contributed by atoms with Crippen molar-refractivity contribution >= 4 is 80.3 Å². The van der Waals surface area contributed by atoms with E-state index in [0.717, 1.165) is 16.7 Å². The molecule has 3 heterocycles. The summed E-state index contributed by atoms with van der Waals surface area (Å²) < 4.78 is 6.05. The number of rotatable bonds is 13. The molecule has 12 nitrogen and oxygen atoms in total. The molecule has 4 aromatic rings. The van der Waals surface area contributed by atoms with Gasteiger partial charge in [0.05, 0.1) is 0 Å². The van der Waals surface area contributed by atoms with Gasteiger partial charge >= 0.3 is 11.9 Å². The molecule has 0 spiro atoms. The van der Waals surface area contributed by atoms with Crippen LogP contribution in [0, 0.1) is 0 Å². The number of thiazole rings is 1. The van der Waals surface area contributed by atoms with E-state index < -0.39 is 51.9 Å². The molecule has 2 fully saturated rings. The first-order valence-corrected chi connectivity index (χ1v) is 21.0. The van der Waals surface area contributed by atoms with Crippen LogP contribution in [0.15, 0.2) is 113 Å². The number of halogens is 1. The Morgan fingerprint density at radius 3 is 2.02 bits per heavy atom. The minimum Gasteiger partial charge on any atom is -0.477 e. The van der Waals surface area contributed by atoms with Crippen LogP contribution in [0.3, 0.4) is 0 Å². The van der Waals surface area contributed by atoms with E-state index in [1.54, 1.807) is 26.2 Å². The summed E-state index contributed by atoms with van der Waals surface area (Å²) in [6.45, 7) is 5.26. The zero-order valence-corrected chi connectivity index (χ0v) is 33.9. The fraction of sp³-hybridized carbons (Fsp3) is 0.300. The molecule has 55 heavy (non-hydrogen) atoms. The Bertz CT molecular complexity index is 2070. The zero-order valence-electron chi connectivity index (χ0n) is 30.2. The monoisotopic (exact) mass is 891 g/mol. The summed E-state index contributed by atoms with van der Waals surface area (Å²) in [5, 5.41) is 22.1. The van der Waals surface area contributed by atoms with Gasteiger partial charge in [0.15, 0.2) is 10.8 Å². The van der Waals surface area contributed by atoms with Crippen LogP contribution in [-0.2, 0) is 34.3 Å². The summed E-state index contributed by atoms with van der Waals surface area (Å²) >= 11 is 4.71. The highest BCUT2D eigenvalue weighted by Crippen LogP contribution is 2.44. The minimum absolute atomic E-state index is 0.0483. The number of hydrogen-bond acceptors (Lipinski definition) is 11. The third-order valence-corrected chi connectivity index (χ3v) is 12.4. The highest BCUT2D eigenvalue weighted by molar-refractivity contribution is 14.1. The number of alkyl halides is 1. The Kier molecular flexibility index (Phi) is 10.8. The lowest BCUT2D eigenvalue weighted by atomic mass is 9.77. The first-order chi connectivity index (χ1) is 26.4. The number of carboxylic acid groups (broad SMARTS) is 1. The Morgan fingerprint density at radius 2 is 1.53 bits per heavy atom. The van der Waals surface area contributed by atoms with Crippen molar-refractivity contribution < 1.29 is 33.9 Å². The van der Waals surface area contributed by atoms with Gasteiger partial charge in [-0.15, -0.1) is 23.1 Å². The molecule has 2 aliphatic heterocycles. The van der Waals surface area contributed by atoms with Crippen LogP contribution in [0.5, 0.6) is 0 Å². The number of thioether (sulfide) groups is 1. The molecule has 0 bridgehead atoms. The van der Waals surface area contributed by atoms with Crippen LogP contribution >= 0.6 is 45.7 Å². The number of nitrogens with one attached hydrogen (secondary N) is 2. The van der Waals surface area contributed by atoms with Crippen LogP contribution < -0.4 is 10.6 Å². The predicted octanol–water partition coefficient (Wildman–Crippen LogP) is 6.32. The van der Waals surface area contributed by atoms with Gasteiger partial charge in [-0.3, -0.25) is 14.5 Å². The SMILES string of the molecule is CC(C)(C)OC(=O)C1(O/N=C(\C(=O)NC2C(=O)N3C(C(=O)O)=C(CI)CS[C@@H]23)c2csc(NC(c3ccccc3)(c3ccccc3)c3ccccc3)n2)CC1. The number of ether oxygens (including phenoxy) is 1. The number of nitrogens with zero attached hydrogens (tertiary/aromatic N) is 3. The van der Waals surface area contributed by atoms with Gasteiger partial charge in [-0.05, 0) is 43.0 Å². The van der Waals surface area contributed by atoms with E-state index in [2.05, 4.69) is 38.4 Å². The second kappa shape index (κ2) is 15.4. The number of fused-ring (bicyclic) bond motifs is 1. The van der Waals surface area contributed by atoms with E-state index in [9.17, 15) is 24.3 Å². The third kappa shape index (κ3) is 7.61. The molecular formula is C40H38IN5O7S2. The van der Waals surface area contributed by atoms with Crippen molar-refractivity contribution in [2.45, 2.75) is 61.8 Å². The molecule has 1 saturated heterocycles. The van der Waals surface area contributed by atoms with Crippen molar-refractivity contribution in [3.05, 3.63) is 130 Å². The second-order valence-electron chi connectivity index (χ2n) is 14.3. The van der Waals surface area contributed by atoms with Crippen molar-refractivity contribution in [2.75, 3.05) is 15.5 Å². The lowest BCUT2D eigenvalue weighted by molar-refractivity contribution is -0.172. The van der Waals surface area contributed by atoms with Crippen molar-refractivity contribution in [3.63, 3.8) is 0 Å². The van der Waals surface area contributed by atoms with Gasteiger partial charge in [0, 0.05) is 28.4 Å². The number of amides is 2. The van der Waals surface area contributed by atoms with Gasteiger partial charge in [0.25, 0.3) is 11.8 Å². The summed E-state index contributed by atoms with van der Waals surface area (Å²) in [5.41, 5.74) is 0.292. The van der Waals surface area contributed by atoms with Crippen LogP contribution in [0.1, 0.15) is 56.0 Å². The molecule has 15 heteroatoms. The second-order valence-corrected chi connectivity index (χ2v) is 17.0. The number of carbonyl (C=O) groups is 4. The van der Waals surface area contributed by atoms with Crippen molar-refractivity contribution in [1.82, 2.24) is 15.2 Å². The molecular weight excluding hydrogens is 854 g/mol. The molecule has 284 valence electrons. The van der Waals surface area contributed by atoms with E-state index in [0.29, 0.717) is 33.7 Å². The first kappa shape index (κ1) is 38.5. The summed E-state index contributed by atoms with van der Waals surface area (Å²) in [4.78, 5) is 64.9. The highest BCUT2D eigenvalue weighted by atomic mass is 127. The standard InChI is InChI=1S/C40H38IN5O7S2/c1-38(2,3)52-36(51)39(19-20-39)53-45-29(32(47)43-30-33(48)46-31(35(49)50)24(21-41)22-54-34(30)46)28-23-55-37(42-28)44-40(25-13-7-4-8-14-25,26-15-9-5-10-16-26)27-17-11-6-12-18-27/h4-18,23,30,34H,19-22H2,1-3H3,(H,42,44)(H,43,47)(H,49,50)/b45-29-/t30?,34-/m0/s1. The maximum absolute atomic E-state index is 14.2. The molecule has 3 N–H and O–H groups in total. The van der Waals surface area contributed by atoms with Gasteiger partial charge in [-0.25, -0.2) is 14.6 Å². The lowest BCUT2D eigenvalue weighted by Crippen LogP contribution is -2.71. The average molecular weight is 892 g/mol. The van der Waals surface area contributed by atoms with E-state index in [1.165, 1.54) is 28.0 Å². The highest BCUT2D eigenvalue weighted by Gasteiger charge is 2.57. The number of oxime groups is 1. The molecule has 1 aliphatic carbocycles. The maximum atomic E-state index is 14.2. The van der Waals surface area contributed by atoms with Crippen LogP contribution in [0.4, 0.5) is 5.13 Å². The topological polar surface area (TPSA) is 160 Å². The number of anilines is 1. The van der Waals surface area contributed by atoms with E-state index >= 15 is 0 Å². The largest absolute Gasteiger partial charge is 0.477 e. The van der Waals surface area contributed by atoms with Gasteiger partial charge < -0.3 is 25.3 Å². The number of hydrogen-bond donors (Lipinski definition) is 3. The molecule has 2 atom stereocenters. The zero-order chi connectivity index (χ0) is 39.0. The number of benzene rings is 3. The summed E-state index contributed by atoms with van der Waals surface area (Å²) in [5.74, 6) is -2.69. The third-order valence-electron chi connectivity index (χ3n) is 9.36. The van der Waals surface area contributed by atoms with Crippen LogP contribution in [0.25, 0.3) is 0 Å². The molecule has 3 aromatic carbocycles. The van der Waals surface area contributed by atoms with Crippen molar-refractivity contribution in [3.8, 4) is 0 Å². The Morgan fingerprint density at radius 1 is 0.964 bits per heavy atom. The van der Waals surface area contributed by atoms with E-state index in [-0.39, 0.29) is 17.1 Å². The number of carboxylic acids is 1. The number of aliphatic carboxylic acids is 1.